The summed E-state index contributed by atoms with van der Waals surface area (Å²) in [4.78, 5) is 0. The maximum absolute atomic E-state index is 11.0. The van der Waals surface area contributed by atoms with E-state index < -0.39 is 5.60 Å². The zero-order chi connectivity index (χ0) is 14.3. The molecule has 3 aliphatic rings. The molecule has 3 heteroatoms. The van der Waals surface area contributed by atoms with Gasteiger partial charge in [0.25, 0.3) is 6.71 Å². The molecule has 1 N–H and O–H groups in total. The van der Waals surface area contributed by atoms with Gasteiger partial charge < -0.3 is 5.11 Å². The van der Waals surface area contributed by atoms with Crippen molar-refractivity contribution in [2.75, 3.05) is 0 Å². The molecule has 0 radical (unpaired) electrons. The van der Waals surface area contributed by atoms with E-state index in [1.807, 2.05) is 18.2 Å². The van der Waals surface area contributed by atoms with E-state index in [2.05, 4.69) is 19.1 Å². The van der Waals surface area contributed by atoms with Gasteiger partial charge in [-0.2, -0.15) is 0 Å². The van der Waals surface area contributed by atoms with Crippen molar-refractivity contribution in [3.8, 4) is 5.97 Å². The zero-order valence-electron chi connectivity index (χ0n) is 11.5. The monoisotopic (exact) mass is 263 g/mol. The van der Waals surface area contributed by atoms with Crippen LogP contribution in [0.15, 0.2) is 31.4 Å². The predicted molar refractivity (Wildman–Crippen MR) is 83.2 cm³/mol. The maximum atomic E-state index is 11.0. The van der Waals surface area contributed by atoms with Gasteiger partial charge >= 0.3 is 0 Å². The van der Waals surface area contributed by atoms with Crippen LogP contribution < -0.4 is 0 Å². The summed E-state index contributed by atoms with van der Waals surface area (Å²) in [5.74, 6) is 3.11. The average molecular weight is 263 g/mol. The Morgan fingerprint density at radius 2 is 1.90 bits per heavy atom. The Hall–Kier alpha value is -1.79. The first-order valence-electron chi connectivity index (χ1n) is 7.12. The van der Waals surface area contributed by atoms with Gasteiger partial charge in [-0.15, -0.1) is 0 Å². The summed E-state index contributed by atoms with van der Waals surface area (Å²) >= 11 is 0. The van der Waals surface area contributed by atoms with Crippen LogP contribution in [0.4, 0.5) is 0 Å². The zero-order valence-corrected chi connectivity index (χ0v) is 11.5. The van der Waals surface area contributed by atoms with Crippen LogP contribution in [0.5, 0.6) is 0 Å². The van der Waals surface area contributed by atoms with Crippen LogP contribution in [-0.2, 0) is 5.60 Å². The molecule has 1 aromatic rings. The predicted octanol–water partition coefficient (Wildman–Crippen LogP) is 3.66. The number of rotatable bonds is 3. The van der Waals surface area contributed by atoms with Gasteiger partial charge in [0.1, 0.15) is 0 Å². The number of nitrogens with zero attached hydrogens (tertiary/aromatic N) is 1. The molecule has 2 aliphatic heterocycles. The number of hydrogen-bond donors (Lipinski definition) is 1. The second kappa shape index (κ2) is 4.65. The first kappa shape index (κ1) is 13.2. The van der Waals surface area contributed by atoms with E-state index in [0.29, 0.717) is 24.5 Å². The molecular weight excluding hydrogens is 245 g/mol. The molecule has 2 unspecified atom stereocenters. The quantitative estimate of drug-likeness (QED) is 0.846. The lowest BCUT2D eigenvalue weighted by atomic mass is 9.19. The maximum Gasteiger partial charge on any atom is 0.274 e. The van der Waals surface area contributed by atoms with Crippen LogP contribution in [0.2, 0.25) is 11.6 Å². The molecule has 3 fully saturated rings. The number of fused-ring (bicyclic) bond motifs is 2. The summed E-state index contributed by atoms with van der Waals surface area (Å²) in [5, 5.41) is 20.1. The van der Waals surface area contributed by atoms with Crippen LogP contribution >= 0.6 is 0 Å². The Kier molecular flexibility index (Phi) is 3.07. The van der Waals surface area contributed by atoms with Gasteiger partial charge in [-0.3, -0.25) is 0 Å². The Bertz CT molecular complexity index is 604. The average Bonchev–Trinajstić information content (AvgIpc) is 2.46. The van der Waals surface area contributed by atoms with Crippen LogP contribution in [0, 0.1) is 11.2 Å². The normalized spacial score (nSPS) is 31.1. The summed E-state index contributed by atoms with van der Waals surface area (Å²) in [6.07, 6.45) is 6.09. The van der Waals surface area contributed by atoms with Crippen LogP contribution in [-0.4, -0.2) is 11.8 Å². The lowest BCUT2D eigenvalue weighted by Gasteiger charge is -2.51. The topological polar surface area (TPSA) is 44.0 Å². The van der Waals surface area contributed by atoms with Gasteiger partial charge in [0.15, 0.2) is 0 Å². The van der Waals surface area contributed by atoms with Crippen LogP contribution in [0.1, 0.15) is 36.0 Å². The lowest BCUT2D eigenvalue weighted by Crippen LogP contribution is -2.50. The molecule has 100 valence electrons. The van der Waals surface area contributed by atoms with E-state index in [0.717, 1.165) is 23.1 Å². The van der Waals surface area contributed by atoms with Crippen molar-refractivity contribution in [3.05, 3.63) is 48.0 Å². The molecule has 0 amide bonds. The number of nitriles is 1. The van der Waals surface area contributed by atoms with Gasteiger partial charge in [0.2, 0.25) is 0 Å². The highest BCUT2D eigenvalue weighted by molar-refractivity contribution is 6.73. The molecule has 1 aromatic carbocycles. The Labute approximate surface area is 120 Å². The van der Waals surface area contributed by atoms with Crippen molar-refractivity contribution >= 4 is 18.9 Å². The van der Waals surface area contributed by atoms with Crippen molar-refractivity contribution in [3.63, 3.8) is 0 Å². The Morgan fingerprint density at radius 1 is 1.25 bits per heavy atom. The van der Waals surface area contributed by atoms with Crippen molar-refractivity contribution in [1.82, 2.24) is 0 Å². The third-order valence-corrected chi connectivity index (χ3v) is 5.03. The Balaban J connectivity index is 1.92. The fourth-order valence-electron chi connectivity index (χ4n) is 3.92. The second-order valence-electron chi connectivity index (χ2n) is 6.10. The van der Waals surface area contributed by atoms with E-state index >= 15 is 0 Å². The van der Waals surface area contributed by atoms with Gasteiger partial charge in [-0.25, -0.2) is 5.26 Å². The number of aliphatic hydroxyl groups is 1. The molecule has 1 saturated carbocycles. The summed E-state index contributed by atoms with van der Waals surface area (Å²) in [7, 11) is 0. The van der Waals surface area contributed by atoms with E-state index in [1.165, 1.54) is 0 Å². The number of hydrogen-bond acceptors (Lipinski definition) is 2. The molecule has 0 aromatic heterocycles. The number of benzene rings is 1. The molecule has 2 saturated heterocycles. The molecule has 4 rings (SSSR count). The summed E-state index contributed by atoms with van der Waals surface area (Å²) in [5.41, 5.74) is 2.20. The van der Waals surface area contributed by atoms with E-state index in [4.69, 9.17) is 5.26 Å². The smallest absolute Gasteiger partial charge is 0.274 e. The minimum atomic E-state index is -0.779. The van der Waals surface area contributed by atoms with Crippen molar-refractivity contribution < 1.29 is 5.11 Å². The first-order chi connectivity index (χ1) is 9.61. The highest BCUT2D eigenvalue weighted by Crippen LogP contribution is 2.59. The van der Waals surface area contributed by atoms with E-state index in [-0.39, 0.29) is 6.71 Å². The van der Waals surface area contributed by atoms with Crippen LogP contribution in [0.25, 0.3) is 12.2 Å². The highest BCUT2D eigenvalue weighted by Gasteiger charge is 2.56. The first-order valence-corrected chi connectivity index (χ1v) is 7.12. The van der Waals surface area contributed by atoms with Gasteiger partial charge in [0.05, 0.1) is 5.60 Å². The third kappa shape index (κ3) is 1.84. The largest absolute Gasteiger partial charge is 0.385 e. The molecule has 2 heterocycles. The van der Waals surface area contributed by atoms with Crippen molar-refractivity contribution in [1.29, 1.82) is 5.26 Å². The van der Waals surface area contributed by atoms with E-state index in [9.17, 15) is 5.11 Å². The summed E-state index contributed by atoms with van der Waals surface area (Å²) < 4.78 is 0. The molecule has 3 atom stereocenters. The summed E-state index contributed by atoms with van der Waals surface area (Å²) in [6, 6.07) is 5.98. The SMILES string of the molecule is C=Cc1ccc(C2(O)CC3C[C@H](C2)B3C#N)cc1C=C. The van der Waals surface area contributed by atoms with Crippen LogP contribution in [0.3, 0.4) is 0 Å². The second-order valence-corrected chi connectivity index (χ2v) is 6.10. The molecular formula is C17H18BNO. The van der Waals surface area contributed by atoms with Crippen molar-refractivity contribution in [2.45, 2.75) is 36.5 Å². The Morgan fingerprint density at radius 3 is 2.45 bits per heavy atom. The standard InChI is InChI=1S/C17H18BNO/c1-3-12-5-6-14(7-13(12)4-2)17(20)9-15-8-16(10-17)18(15)11-19/h3-7,15-16,20H,1-2,8-10H2/t15-,16?,17?/m1/s1. The molecule has 2 bridgehead atoms. The highest BCUT2D eigenvalue weighted by atomic mass is 16.3. The fourth-order valence-corrected chi connectivity index (χ4v) is 3.92. The molecule has 0 spiro atoms. The third-order valence-electron chi connectivity index (χ3n) is 5.03. The van der Waals surface area contributed by atoms with Gasteiger partial charge in [-0.05, 0) is 47.2 Å². The van der Waals surface area contributed by atoms with Crippen molar-refractivity contribution in [2.24, 2.45) is 0 Å². The van der Waals surface area contributed by atoms with E-state index in [1.54, 1.807) is 12.2 Å². The summed E-state index contributed by atoms with van der Waals surface area (Å²) in [6.45, 7) is 7.77. The van der Waals surface area contributed by atoms with Gasteiger partial charge in [-0.1, -0.05) is 43.9 Å². The molecule has 2 nitrogen and oxygen atoms in total. The molecule has 20 heavy (non-hydrogen) atoms. The minimum absolute atomic E-state index is 0.154. The fraction of sp³-hybridized carbons (Fsp3) is 0.353. The lowest BCUT2D eigenvalue weighted by molar-refractivity contribution is -0.0113. The minimum Gasteiger partial charge on any atom is -0.385 e. The van der Waals surface area contributed by atoms with Gasteiger partial charge in [0, 0.05) is 5.97 Å². The molecule has 1 aliphatic carbocycles.